The first kappa shape index (κ1) is 18.3. The minimum Gasteiger partial charge on any atom is -0.323 e. The number of carbonyl (C=O) groups is 1. The van der Waals surface area contributed by atoms with E-state index in [-0.39, 0.29) is 17.4 Å². The Balaban J connectivity index is 1.86. The Morgan fingerprint density at radius 2 is 1.60 bits per heavy atom. The number of hydrogen-bond acceptors (Lipinski definition) is 4. The maximum absolute atomic E-state index is 13.0. The average Bonchev–Trinajstić information content (AvgIpc) is 2.60. The minimum atomic E-state index is -3.00. The predicted molar refractivity (Wildman–Crippen MR) is 107 cm³/mol. The molecular formula is C18H19IN2O3S. The van der Waals surface area contributed by atoms with Crippen molar-refractivity contribution in [3.8, 4) is 0 Å². The first-order chi connectivity index (χ1) is 12.0. The number of amides is 1. The van der Waals surface area contributed by atoms with Crippen molar-refractivity contribution in [2.45, 2.75) is 6.04 Å². The number of benzene rings is 2. The Hall–Kier alpha value is -1.45. The van der Waals surface area contributed by atoms with Crippen molar-refractivity contribution in [3.63, 3.8) is 0 Å². The van der Waals surface area contributed by atoms with Gasteiger partial charge in [0.1, 0.15) is 6.04 Å². The lowest BCUT2D eigenvalue weighted by Gasteiger charge is -2.33. The summed E-state index contributed by atoms with van der Waals surface area (Å²) < 4.78 is 24.4. The van der Waals surface area contributed by atoms with Crippen LogP contribution in [0.1, 0.15) is 11.6 Å². The average molecular weight is 470 g/mol. The van der Waals surface area contributed by atoms with Gasteiger partial charge in [-0.2, -0.15) is 0 Å². The molecule has 0 aliphatic carbocycles. The largest absolute Gasteiger partial charge is 0.323 e. The van der Waals surface area contributed by atoms with Gasteiger partial charge in [0, 0.05) is 16.7 Å². The van der Waals surface area contributed by atoms with Crippen LogP contribution in [0.2, 0.25) is 0 Å². The molecule has 1 heterocycles. The summed E-state index contributed by atoms with van der Waals surface area (Å²) in [4.78, 5) is 15.0. The summed E-state index contributed by atoms with van der Waals surface area (Å²) in [5, 5.41) is 2.99. The van der Waals surface area contributed by atoms with Crippen molar-refractivity contribution in [1.82, 2.24) is 4.90 Å². The van der Waals surface area contributed by atoms with E-state index in [4.69, 9.17) is 0 Å². The smallest absolute Gasteiger partial charge is 0.246 e. The number of sulfone groups is 1. The molecule has 1 aliphatic rings. The molecule has 0 spiro atoms. The second-order valence-electron chi connectivity index (χ2n) is 5.97. The van der Waals surface area contributed by atoms with E-state index in [1.807, 2.05) is 59.5 Å². The molecule has 1 N–H and O–H groups in total. The molecule has 1 unspecified atom stereocenters. The van der Waals surface area contributed by atoms with E-state index >= 15 is 0 Å². The lowest BCUT2D eigenvalue weighted by atomic mass is 10.0. The van der Waals surface area contributed by atoms with Gasteiger partial charge in [-0.25, -0.2) is 8.42 Å². The molecular weight excluding hydrogens is 451 g/mol. The number of nitrogens with zero attached hydrogens (tertiary/aromatic N) is 1. The van der Waals surface area contributed by atoms with Gasteiger partial charge in [0.2, 0.25) is 5.91 Å². The zero-order valence-electron chi connectivity index (χ0n) is 13.6. The summed E-state index contributed by atoms with van der Waals surface area (Å²) in [6, 6.07) is 16.6. The molecule has 1 aliphatic heterocycles. The van der Waals surface area contributed by atoms with Crippen molar-refractivity contribution in [2.24, 2.45) is 0 Å². The second kappa shape index (κ2) is 7.84. The quantitative estimate of drug-likeness (QED) is 0.699. The highest BCUT2D eigenvalue weighted by atomic mass is 127. The van der Waals surface area contributed by atoms with E-state index in [0.717, 1.165) is 14.8 Å². The maximum atomic E-state index is 13.0. The van der Waals surface area contributed by atoms with Crippen molar-refractivity contribution >= 4 is 44.0 Å². The van der Waals surface area contributed by atoms with E-state index < -0.39 is 15.9 Å². The van der Waals surface area contributed by atoms with Crippen molar-refractivity contribution in [2.75, 3.05) is 29.9 Å². The van der Waals surface area contributed by atoms with Gasteiger partial charge in [-0.05, 0) is 40.3 Å². The number of carbonyl (C=O) groups excluding carboxylic acids is 1. The molecule has 3 rings (SSSR count). The van der Waals surface area contributed by atoms with E-state index in [1.165, 1.54) is 0 Å². The van der Waals surface area contributed by atoms with Crippen molar-refractivity contribution < 1.29 is 13.2 Å². The molecule has 1 saturated heterocycles. The van der Waals surface area contributed by atoms with Gasteiger partial charge in [-0.3, -0.25) is 9.69 Å². The van der Waals surface area contributed by atoms with E-state index in [9.17, 15) is 13.2 Å². The molecule has 1 amide bonds. The third-order valence-corrected chi connectivity index (χ3v) is 6.79. The Bertz CT molecular complexity index is 842. The summed E-state index contributed by atoms with van der Waals surface area (Å²) in [5.74, 6) is 0.0357. The SMILES string of the molecule is O=C(Nc1ccccc1I)C(c1ccccc1)N1CCS(=O)(=O)CC1. The van der Waals surface area contributed by atoms with Crippen LogP contribution in [0.4, 0.5) is 5.69 Å². The molecule has 5 nitrogen and oxygen atoms in total. The highest BCUT2D eigenvalue weighted by Crippen LogP contribution is 2.26. The summed E-state index contributed by atoms with van der Waals surface area (Å²) >= 11 is 2.18. The molecule has 25 heavy (non-hydrogen) atoms. The second-order valence-corrected chi connectivity index (χ2v) is 9.44. The van der Waals surface area contributed by atoms with Gasteiger partial charge in [-0.1, -0.05) is 42.5 Å². The molecule has 0 bridgehead atoms. The monoisotopic (exact) mass is 470 g/mol. The highest BCUT2D eigenvalue weighted by Gasteiger charge is 2.32. The first-order valence-corrected chi connectivity index (χ1v) is 10.9. The molecule has 0 aromatic heterocycles. The molecule has 2 aromatic carbocycles. The normalized spacial score (nSPS) is 18.4. The third kappa shape index (κ3) is 4.59. The van der Waals surface area contributed by atoms with Crippen LogP contribution in [0.3, 0.4) is 0 Å². The molecule has 2 aromatic rings. The van der Waals surface area contributed by atoms with Crippen LogP contribution in [-0.2, 0) is 14.6 Å². The van der Waals surface area contributed by atoms with Crippen LogP contribution in [-0.4, -0.2) is 43.8 Å². The number of para-hydroxylation sites is 1. The molecule has 7 heteroatoms. The number of anilines is 1. The van der Waals surface area contributed by atoms with Crippen LogP contribution in [0.15, 0.2) is 54.6 Å². The van der Waals surface area contributed by atoms with Crippen LogP contribution >= 0.6 is 22.6 Å². The molecule has 132 valence electrons. The van der Waals surface area contributed by atoms with Gasteiger partial charge in [0.05, 0.1) is 17.2 Å². The van der Waals surface area contributed by atoms with Gasteiger partial charge in [0.25, 0.3) is 0 Å². The molecule has 1 fully saturated rings. The highest BCUT2D eigenvalue weighted by molar-refractivity contribution is 14.1. The fraction of sp³-hybridized carbons (Fsp3) is 0.278. The zero-order chi connectivity index (χ0) is 17.9. The Kier molecular flexibility index (Phi) is 5.75. The Morgan fingerprint density at radius 3 is 2.24 bits per heavy atom. The predicted octanol–water partition coefficient (Wildman–Crippen LogP) is 2.70. The Morgan fingerprint density at radius 1 is 1.00 bits per heavy atom. The summed E-state index contributed by atoms with van der Waals surface area (Å²) in [5.41, 5.74) is 1.63. The third-order valence-electron chi connectivity index (χ3n) is 4.24. The number of hydrogen-bond donors (Lipinski definition) is 1. The lowest BCUT2D eigenvalue weighted by Crippen LogP contribution is -2.46. The van der Waals surface area contributed by atoms with E-state index in [2.05, 4.69) is 27.9 Å². The van der Waals surface area contributed by atoms with Gasteiger partial charge >= 0.3 is 0 Å². The van der Waals surface area contributed by atoms with Crippen LogP contribution in [0, 0.1) is 3.57 Å². The standard InChI is InChI=1S/C18H19IN2O3S/c19-15-8-4-5-9-16(15)20-18(22)17(14-6-2-1-3-7-14)21-10-12-25(23,24)13-11-21/h1-9,17H,10-13H2,(H,20,22). The molecule has 0 saturated carbocycles. The number of halogens is 1. The molecule has 0 radical (unpaired) electrons. The van der Waals surface area contributed by atoms with Gasteiger partial charge in [0.15, 0.2) is 9.84 Å². The summed E-state index contributed by atoms with van der Waals surface area (Å²) in [6.45, 7) is 0.725. The summed E-state index contributed by atoms with van der Waals surface area (Å²) in [6.07, 6.45) is 0. The number of rotatable bonds is 4. The van der Waals surface area contributed by atoms with E-state index in [1.54, 1.807) is 0 Å². The Labute approximate surface area is 161 Å². The molecule has 1 atom stereocenters. The number of nitrogens with one attached hydrogen (secondary N) is 1. The van der Waals surface area contributed by atoms with Crippen LogP contribution in [0.5, 0.6) is 0 Å². The maximum Gasteiger partial charge on any atom is 0.246 e. The van der Waals surface area contributed by atoms with E-state index in [0.29, 0.717) is 13.1 Å². The van der Waals surface area contributed by atoms with Crippen molar-refractivity contribution in [3.05, 3.63) is 63.7 Å². The van der Waals surface area contributed by atoms with Crippen molar-refractivity contribution in [1.29, 1.82) is 0 Å². The van der Waals surface area contributed by atoms with Crippen LogP contribution in [0.25, 0.3) is 0 Å². The summed E-state index contributed by atoms with van der Waals surface area (Å²) in [7, 11) is -3.00. The minimum absolute atomic E-state index is 0.0898. The first-order valence-electron chi connectivity index (χ1n) is 8.01. The fourth-order valence-electron chi connectivity index (χ4n) is 2.91. The van der Waals surface area contributed by atoms with Crippen LogP contribution < -0.4 is 5.32 Å². The van der Waals surface area contributed by atoms with Gasteiger partial charge in [-0.15, -0.1) is 0 Å². The fourth-order valence-corrected chi connectivity index (χ4v) is 4.66. The topological polar surface area (TPSA) is 66.5 Å². The van der Waals surface area contributed by atoms with Gasteiger partial charge < -0.3 is 5.32 Å². The zero-order valence-corrected chi connectivity index (χ0v) is 16.5. The lowest BCUT2D eigenvalue weighted by molar-refractivity contribution is -0.121.